The highest BCUT2D eigenvalue weighted by atomic mass is 32.2. The van der Waals surface area contributed by atoms with E-state index in [1.165, 1.54) is 0 Å². The minimum Gasteiger partial charge on any atom is -0.372 e. The zero-order valence-electron chi connectivity index (χ0n) is 7.73. The van der Waals surface area contributed by atoms with Gasteiger partial charge < -0.3 is 5.11 Å². The predicted molar refractivity (Wildman–Crippen MR) is 48.7 cm³/mol. The molecule has 0 spiro atoms. The smallest absolute Gasteiger partial charge is 0.295 e. The highest BCUT2D eigenvalue weighted by molar-refractivity contribution is 7.87. The molecule has 0 bridgehead atoms. The monoisotopic (exact) mass is 208 g/mol. The van der Waals surface area contributed by atoms with Gasteiger partial charge in [0, 0.05) is 5.92 Å². The van der Waals surface area contributed by atoms with Crippen molar-refractivity contribution < 1.29 is 18.1 Å². The first-order chi connectivity index (χ1) is 5.92. The molecule has 4 nitrogen and oxygen atoms in total. The molecule has 0 amide bonds. The van der Waals surface area contributed by atoms with E-state index < -0.39 is 15.1 Å². The molecule has 1 rings (SSSR count). The van der Waals surface area contributed by atoms with Crippen LogP contribution in [-0.4, -0.2) is 23.0 Å². The molecule has 1 aliphatic rings. The van der Waals surface area contributed by atoms with E-state index in [4.69, 9.17) is 4.55 Å². The molecule has 78 valence electrons. The van der Waals surface area contributed by atoms with Crippen LogP contribution in [0.4, 0.5) is 0 Å². The fourth-order valence-corrected chi connectivity index (χ4v) is 3.17. The third kappa shape index (κ3) is 1.87. The van der Waals surface area contributed by atoms with Crippen LogP contribution in [0.1, 0.15) is 39.0 Å². The molecule has 13 heavy (non-hydrogen) atoms. The molecule has 0 heterocycles. The topological polar surface area (TPSA) is 74.6 Å². The summed E-state index contributed by atoms with van der Waals surface area (Å²) in [5.41, 5.74) is 0. The van der Waals surface area contributed by atoms with E-state index in [-0.39, 0.29) is 12.3 Å². The average molecular weight is 208 g/mol. The summed E-state index contributed by atoms with van der Waals surface area (Å²) in [5.74, 6) is -0.323. The van der Waals surface area contributed by atoms with Crippen LogP contribution in [0.2, 0.25) is 0 Å². The molecule has 1 saturated carbocycles. The first-order valence-corrected chi connectivity index (χ1v) is 6.05. The lowest BCUT2D eigenvalue weighted by Gasteiger charge is -2.36. The standard InChI is InChI=1S/C8H16O4S/c1-2-7-5-3-4-6-8(7,9)13(10,11)12/h7,9H,2-6H2,1H3,(H,10,11,12). The number of aliphatic hydroxyl groups is 1. The predicted octanol–water partition coefficient (Wildman–Crippen LogP) is 1.16. The van der Waals surface area contributed by atoms with E-state index in [2.05, 4.69) is 0 Å². The van der Waals surface area contributed by atoms with Crippen LogP contribution in [0, 0.1) is 5.92 Å². The summed E-state index contributed by atoms with van der Waals surface area (Å²) in [7, 11) is -4.33. The zero-order chi connectivity index (χ0) is 10.1. The van der Waals surface area contributed by atoms with Gasteiger partial charge in [-0.3, -0.25) is 4.55 Å². The van der Waals surface area contributed by atoms with E-state index in [0.29, 0.717) is 19.3 Å². The van der Waals surface area contributed by atoms with Gasteiger partial charge in [-0.2, -0.15) is 8.42 Å². The molecular weight excluding hydrogens is 192 g/mol. The van der Waals surface area contributed by atoms with E-state index >= 15 is 0 Å². The van der Waals surface area contributed by atoms with Crippen molar-refractivity contribution in [1.29, 1.82) is 0 Å². The molecular formula is C8H16O4S. The molecule has 2 N–H and O–H groups in total. The maximum atomic E-state index is 11.0. The lowest BCUT2D eigenvalue weighted by Crippen LogP contribution is -2.47. The minimum absolute atomic E-state index is 0.157. The van der Waals surface area contributed by atoms with Gasteiger partial charge in [0.15, 0.2) is 4.93 Å². The molecule has 0 aromatic rings. The van der Waals surface area contributed by atoms with Gasteiger partial charge >= 0.3 is 0 Å². The largest absolute Gasteiger partial charge is 0.372 e. The van der Waals surface area contributed by atoms with Crippen molar-refractivity contribution in [2.24, 2.45) is 5.92 Å². The Hall–Kier alpha value is -0.130. The molecule has 0 aromatic heterocycles. The SMILES string of the molecule is CCC1CCCCC1(O)S(=O)(=O)O. The Morgan fingerprint density at radius 2 is 2.08 bits per heavy atom. The summed E-state index contributed by atoms with van der Waals surface area (Å²) < 4.78 is 30.9. The van der Waals surface area contributed by atoms with Crippen molar-refractivity contribution in [1.82, 2.24) is 0 Å². The lowest BCUT2D eigenvalue weighted by atomic mass is 9.84. The second-order valence-corrected chi connectivity index (χ2v) is 5.33. The van der Waals surface area contributed by atoms with Crippen LogP contribution in [0.25, 0.3) is 0 Å². The summed E-state index contributed by atoms with van der Waals surface area (Å²) in [6.45, 7) is 1.83. The van der Waals surface area contributed by atoms with E-state index in [1.54, 1.807) is 0 Å². The third-order valence-corrected chi connectivity index (χ3v) is 4.35. The lowest BCUT2D eigenvalue weighted by molar-refractivity contribution is 0.0169. The Morgan fingerprint density at radius 1 is 1.46 bits per heavy atom. The van der Waals surface area contributed by atoms with E-state index in [9.17, 15) is 13.5 Å². The van der Waals surface area contributed by atoms with Gasteiger partial charge in [0.2, 0.25) is 0 Å². The van der Waals surface area contributed by atoms with Crippen LogP contribution in [0.3, 0.4) is 0 Å². The molecule has 0 aromatic carbocycles. The molecule has 1 fully saturated rings. The summed E-state index contributed by atoms with van der Waals surface area (Å²) in [6, 6.07) is 0. The number of hydrogen-bond acceptors (Lipinski definition) is 3. The van der Waals surface area contributed by atoms with Crippen LogP contribution in [-0.2, 0) is 10.1 Å². The fraction of sp³-hybridized carbons (Fsp3) is 1.00. The Labute approximate surface area is 78.7 Å². The van der Waals surface area contributed by atoms with Gasteiger partial charge in [-0.05, 0) is 25.7 Å². The summed E-state index contributed by atoms with van der Waals surface area (Å²) in [5, 5.41) is 9.83. The fourth-order valence-electron chi connectivity index (χ4n) is 2.06. The highest BCUT2D eigenvalue weighted by Crippen LogP contribution is 2.39. The summed E-state index contributed by atoms with van der Waals surface area (Å²) in [6.07, 6.45) is 3.00. The normalized spacial score (nSPS) is 36.1. The molecule has 1 aliphatic carbocycles. The number of rotatable bonds is 2. The van der Waals surface area contributed by atoms with Gasteiger partial charge in [-0.1, -0.05) is 13.3 Å². The van der Waals surface area contributed by atoms with Crippen molar-refractivity contribution >= 4 is 10.1 Å². The Kier molecular flexibility index (Phi) is 2.99. The van der Waals surface area contributed by atoms with Gasteiger partial charge in [0.1, 0.15) is 0 Å². The van der Waals surface area contributed by atoms with Gasteiger partial charge in [-0.25, -0.2) is 0 Å². The minimum atomic E-state index is -4.33. The van der Waals surface area contributed by atoms with Crippen molar-refractivity contribution in [2.75, 3.05) is 0 Å². The summed E-state index contributed by atoms with van der Waals surface area (Å²) >= 11 is 0. The molecule has 2 unspecified atom stereocenters. The quantitative estimate of drug-likeness (QED) is 0.668. The van der Waals surface area contributed by atoms with Crippen molar-refractivity contribution in [2.45, 2.75) is 44.0 Å². The molecule has 5 heteroatoms. The van der Waals surface area contributed by atoms with E-state index in [0.717, 1.165) is 6.42 Å². The summed E-state index contributed by atoms with van der Waals surface area (Å²) in [4.78, 5) is -1.89. The Morgan fingerprint density at radius 3 is 2.46 bits per heavy atom. The van der Waals surface area contributed by atoms with Crippen molar-refractivity contribution in [3.63, 3.8) is 0 Å². The maximum absolute atomic E-state index is 11.0. The molecule has 0 radical (unpaired) electrons. The number of hydrogen-bond donors (Lipinski definition) is 2. The molecule has 2 atom stereocenters. The Balaban J connectivity index is 2.97. The van der Waals surface area contributed by atoms with Crippen LogP contribution >= 0.6 is 0 Å². The van der Waals surface area contributed by atoms with Crippen LogP contribution in [0.15, 0.2) is 0 Å². The van der Waals surface area contributed by atoms with E-state index in [1.807, 2.05) is 6.92 Å². The first kappa shape index (κ1) is 10.9. The van der Waals surface area contributed by atoms with Gasteiger partial charge in [0.05, 0.1) is 0 Å². The molecule has 0 saturated heterocycles. The second-order valence-electron chi connectivity index (χ2n) is 3.67. The second kappa shape index (κ2) is 3.55. The van der Waals surface area contributed by atoms with Gasteiger partial charge in [-0.15, -0.1) is 0 Å². The zero-order valence-corrected chi connectivity index (χ0v) is 8.55. The highest BCUT2D eigenvalue weighted by Gasteiger charge is 2.48. The van der Waals surface area contributed by atoms with Gasteiger partial charge in [0.25, 0.3) is 10.1 Å². The Bertz CT molecular complexity index is 272. The first-order valence-electron chi connectivity index (χ1n) is 4.61. The molecule has 0 aliphatic heterocycles. The van der Waals surface area contributed by atoms with Crippen LogP contribution in [0.5, 0.6) is 0 Å². The third-order valence-electron chi connectivity index (χ3n) is 2.91. The van der Waals surface area contributed by atoms with Crippen LogP contribution < -0.4 is 0 Å². The maximum Gasteiger partial charge on any atom is 0.295 e. The van der Waals surface area contributed by atoms with Crippen molar-refractivity contribution in [3.05, 3.63) is 0 Å². The van der Waals surface area contributed by atoms with Crippen molar-refractivity contribution in [3.8, 4) is 0 Å². The average Bonchev–Trinajstić information content (AvgIpc) is 2.03.